The van der Waals surface area contributed by atoms with E-state index in [0.29, 0.717) is 6.61 Å². The molecule has 1 saturated carbocycles. The Morgan fingerprint density at radius 1 is 1.44 bits per heavy atom. The molecule has 0 aromatic carbocycles. The third-order valence-corrected chi connectivity index (χ3v) is 3.09. The SMILES string of the molecule is CCOC(=O)C1C(C=CCC(=O)O)C1(C)C. The molecule has 0 aromatic heterocycles. The number of rotatable bonds is 5. The van der Waals surface area contributed by atoms with Crippen LogP contribution < -0.4 is 0 Å². The van der Waals surface area contributed by atoms with E-state index in [-0.39, 0.29) is 29.6 Å². The van der Waals surface area contributed by atoms with E-state index in [9.17, 15) is 9.59 Å². The van der Waals surface area contributed by atoms with Crippen LogP contribution in [0.1, 0.15) is 27.2 Å². The van der Waals surface area contributed by atoms with E-state index in [1.54, 1.807) is 13.0 Å². The standard InChI is InChI=1S/C12H18O4/c1-4-16-11(15)10-8(12(10,2)3)6-5-7-9(13)14/h5-6,8,10H,4,7H2,1-3H3,(H,13,14). The number of ether oxygens (including phenoxy) is 1. The van der Waals surface area contributed by atoms with E-state index < -0.39 is 5.97 Å². The maximum Gasteiger partial charge on any atom is 0.310 e. The Kier molecular flexibility index (Phi) is 3.73. The molecule has 4 heteroatoms. The van der Waals surface area contributed by atoms with Crippen LogP contribution in [0.5, 0.6) is 0 Å². The monoisotopic (exact) mass is 226 g/mol. The van der Waals surface area contributed by atoms with Gasteiger partial charge in [0.25, 0.3) is 0 Å². The fourth-order valence-electron chi connectivity index (χ4n) is 2.03. The molecule has 0 radical (unpaired) electrons. The smallest absolute Gasteiger partial charge is 0.310 e. The van der Waals surface area contributed by atoms with Gasteiger partial charge in [-0.05, 0) is 18.3 Å². The van der Waals surface area contributed by atoms with Gasteiger partial charge in [-0.1, -0.05) is 26.0 Å². The topological polar surface area (TPSA) is 63.6 Å². The van der Waals surface area contributed by atoms with Crippen LogP contribution in [0.3, 0.4) is 0 Å². The highest BCUT2D eigenvalue weighted by Gasteiger charge is 2.61. The zero-order valence-electron chi connectivity index (χ0n) is 9.90. The number of carboxylic acids is 1. The summed E-state index contributed by atoms with van der Waals surface area (Å²) in [5.41, 5.74) is -0.110. The van der Waals surface area contributed by atoms with E-state index in [2.05, 4.69) is 0 Å². The first-order chi connectivity index (χ1) is 7.41. The predicted octanol–water partition coefficient (Wildman–Crippen LogP) is 1.85. The van der Waals surface area contributed by atoms with Crippen LogP contribution in [0, 0.1) is 17.3 Å². The molecule has 1 N–H and O–H groups in total. The molecule has 0 aliphatic heterocycles. The maximum atomic E-state index is 11.6. The predicted molar refractivity (Wildman–Crippen MR) is 58.8 cm³/mol. The second kappa shape index (κ2) is 4.68. The summed E-state index contributed by atoms with van der Waals surface area (Å²) in [6.07, 6.45) is 3.42. The van der Waals surface area contributed by atoms with Gasteiger partial charge >= 0.3 is 11.9 Å². The van der Waals surface area contributed by atoms with Gasteiger partial charge < -0.3 is 9.84 Å². The van der Waals surface area contributed by atoms with Gasteiger partial charge in [0.1, 0.15) is 0 Å². The van der Waals surface area contributed by atoms with Crippen LogP contribution in [0.2, 0.25) is 0 Å². The molecular formula is C12H18O4. The van der Waals surface area contributed by atoms with Crippen molar-refractivity contribution < 1.29 is 19.4 Å². The van der Waals surface area contributed by atoms with Crippen LogP contribution in [-0.4, -0.2) is 23.7 Å². The van der Waals surface area contributed by atoms with Crippen molar-refractivity contribution >= 4 is 11.9 Å². The molecule has 2 unspecified atom stereocenters. The average Bonchev–Trinajstić information content (AvgIpc) is 2.68. The van der Waals surface area contributed by atoms with Gasteiger partial charge in [-0.3, -0.25) is 9.59 Å². The molecule has 0 amide bonds. The first-order valence-corrected chi connectivity index (χ1v) is 5.46. The van der Waals surface area contributed by atoms with Crippen molar-refractivity contribution in [2.24, 2.45) is 17.3 Å². The Bertz CT molecular complexity index is 317. The van der Waals surface area contributed by atoms with Crippen LogP contribution in [0.4, 0.5) is 0 Å². The zero-order chi connectivity index (χ0) is 12.3. The molecule has 0 saturated heterocycles. The van der Waals surface area contributed by atoms with Gasteiger partial charge in [0.2, 0.25) is 0 Å². The summed E-state index contributed by atoms with van der Waals surface area (Å²) < 4.78 is 4.97. The van der Waals surface area contributed by atoms with Gasteiger partial charge in [-0.15, -0.1) is 0 Å². The lowest BCUT2D eigenvalue weighted by Gasteiger charge is -2.01. The number of hydrogen-bond acceptors (Lipinski definition) is 3. The highest BCUT2D eigenvalue weighted by atomic mass is 16.5. The minimum absolute atomic E-state index is 0.00211. The molecule has 0 spiro atoms. The minimum Gasteiger partial charge on any atom is -0.481 e. The molecule has 1 aliphatic rings. The lowest BCUT2D eigenvalue weighted by Crippen LogP contribution is -2.10. The number of allylic oxidation sites excluding steroid dienone is 1. The lowest BCUT2D eigenvalue weighted by atomic mass is 10.1. The average molecular weight is 226 g/mol. The largest absolute Gasteiger partial charge is 0.481 e. The minimum atomic E-state index is -0.859. The molecule has 90 valence electrons. The molecule has 0 heterocycles. The fourth-order valence-corrected chi connectivity index (χ4v) is 2.03. The van der Waals surface area contributed by atoms with E-state index in [1.807, 2.05) is 19.9 Å². The molecule has 1 aliphatic carbocycles. The summed E-state index contributed by atoms with van der Waals surface area (Å²) in [4.78, 5) is 21.9. The van der Waals surface area contributed by atoms with E-state index >= 15 is 0 Å². The van der Waals surface area contributed by atoms with Gasteiger partial charge in [0.05, 0.1) is 18.9 Å². The maximum absolute atomic E-state index is 11.6. The fraction of sp³-hybridized carbons (Fsp3) is 0.667. The number of hydrogen-bond donors (Lipinski definition) is 1. The van der Waals surface area contributed by atoms with E-state index in [1.165, 1.54) is 0 Å². The summed E-state index contributed by atoms with van der Waals surface area (Å²) in [6, 6.07) is 0. The molecule has 0 aromatic rings. The summed E-state index contributed by atoms with van der Waals surface area (Å²) >= 11 is 0. The second-order valence-corrected chi connectivity index (χ2v) is 4.60. The van der Waals surface area contributed by atoms with E-state index in [4.69, 9.17) is 9.84 Å². The number of esters is 1. The Morgan fingerprint density at radius 2 is 2.06 bits per heavy atom. The number of aliphatic carboxylic acids is 1. The Hall–Kier alpha value is -1.32. The van der Waals surface area contributed by atoms with Crippen molar-refractivity contribution in [3.8, 4) is 0 Å². The Labute approximate surface area is 95.3 Å². The van der Waals surface area contributed by atoms with Crippen LogP contribution >= 0.6 is 0 Å². The van der Waals surface area contributed by atoms with E-state index in [0.717, 1.165) is 0 Å². The quantitative estimate of drug-likeness (QED) is 0.574. The van der Waals surface area contributed by atoms with Crippen molar-refractivity contribution in [1.82, 2.24) is 0 Å². The van der Waals surface area contributed by atoms with Gasteiger partial charge in [0.15, 0.2) is 0 Å². The number of carbonyl (C=O) groups excluding carboxylic acids is 1. The number of carboxylic acid groups (broad SMARTS) is 1. The van der Waals surface area contributed by atoms with Gasteiger partial charge in [0, 0.05) is 0 Å². The van der Waals surface area contributed by atoms with Crippen LogP contribution in [0.15, 0.2) is 12.2 Å². The van der Waals surface area contributed by atoms with Crippen molar-refractivity contribution in [3.05, 3.63) is 12.2 Å². The van der Waals surface area contributed by atoms with Gasteiger partial charge in [-0.2, -0.15) is 0 Å². The van der Waals surface area contributed by atoms with Crippen molar-refractivity contribution in [1.29, 1.82) is 0 Å². The number of carbonyl (C=O) groups is 2. The second-order valence-electron chi connectivity index (χ2n) is 4.60. The first kappa shape index (κ1) is 12.7. The molecule has 1 fully saturated rings. The van der Waals surface area contributed by atoms with Crippen molar-refractivity contribution in [3.63, 3.8) is 0 Å². The normalized spacial score (nSPS) is 26.7. The van der Waals surface area contributed by atoms with Crippen LogP contribution in [0.25, 0.3) is 0 Å². The molecular weight excluding hydrogens is 208 g/mol. The van der Waals surface area contributed by atoms with Crippen molar-refractivity contribution in [2.75, 3.05) is 6.61 Å². The van der Waals surface area contributed by atoms with Gasteiger partial charge in [-0.25, -0.2) is 0 Å². The molecule has 1 rings (SSSR count). The van der Waals surface area contributed by atoms with Crippen molar-refractivity contribution in [2.45, 2.75) is 27.2 Å². The summed E-state index contributed by atoms with van der Waals surface area (Å²) in [6.45, 7) is 6.15. The Morgan fingerprint density at radius 3 is 2.56 bits per heavy atom. The third kappa shape index (κ3) is 2.62. The third-order valence-electron chi connectivity index (χ3n) is 3.09. The first-order valence-electron chi connectivity index (χ1n) is 5.46. The highest BCUT2D eigenvalue weighted by molar-refractivity contribution is 5.78. The molecule has 16 heavy (non-hydrogen) atoms. The Balaban J connectivity index is 2.53. The highest BCUT2D eigenvalue weighted by Crippen LogP contribution is 2.59. The zero-order valence-corrected chi connectivity index (χ0v) is 9.90. The summed E-state index contributed by atoms with van der Waals surface area (Å²) in [7, 11) is 0. The molecule has 2 atom stereocenters. The van der Waals surface area contributed by atoms with Crippen LogP contribution in [-0.2, 0) is 14.3 Å². The summed E-state index contributed by atoms with van der Waals surface area (Å²) in [5, 5.41) is 8.49. The molecule has 4 nitrogen and oxygen atoms in total. The summed E-state index contributed by atoms with van der Waals surface area (Å²) in [5.74, 6) is -1.07. The molecule has 0 bridgehead atoms. The lowest BCUT2D eigenvalue weighted by molar-refractivity contribution is -0.145.